The quantitative estimate of drug-likeness (QED) is 0.656. The first kappa shape index (κ1) is 23.1. The largest absolute Gasteiger partial charge is 0.497 e. The summed E-state index contributed by atoms with van der Waals surface area (Å²) in [5, 5.41) is 2.94. The monoisotopic (exact) mass is 452 g/mol. The second kappa shape index (κ2) is 10.3. The van der Waals surface area contributed by atoms with E-state index in [4.69, 9.17) is 14.2 Å². The summed E-state index contributed by atoms with van der Waals surface area (Å²) in [4.78, 5) is 27.6. The maximum atomic E-state index is 13.0. The lowest BCUT2D eigenvalue weighted by Crippen LogP contribution is -2.39. The van der Waals surface area contributed by atoms with Gasteiger partial charge in [0.2, 0.25) is 5.91 Å². The van der Waals surface area contributed by atoms with Crippen molar-refractivity contribution in [3.8, 4) is 17.2 Å². The Morgan fingerprint density at radius 2 is 1.67 bits per heavy atom. The van der Waals surface area contributed by atoms with Crippen LogP contribution in [0.2, 0.25) is 0 Å². The van der Waals surface area contributed by atoms with E-state index < -0.39 is 0 Å². The van der Waals surface area contributed by atoms with Gasteiger partial charge in [0.1, 0.15) is 5.75 Å². The fraction of sp³-hybridized carbons (Fsp3) is 0.462. The Morgan fingerprint density at radius 3 is 2.30 bits per heavy atom. The summed E-state index contributed by atoms with van der Waals surface area (Å²) in [6, 6.07) is 11.1. The highest BCUT2D eigenvalue weighted by atomic mass is 16.5. The summed E-state index contributed by atoms with van der Waals surface area (Å²) in [6.45, 7) is 2.12. The number of methoxy groups -OCH3 is 3. The summed E-state index contributed by atoms with van der Waals surface area (Å²) in [5.74, 6) is 2.76. The molecule has 1 heterocycles. The van der Waals surface area contributed by atoms with Crippen LogP contribution in [0.15, 0.2) is 36.4 Å². The molecule has 2 aromatic carbocycles. The number of hydrogen-bond donors (Lipinski definition) is 1. The average molecular weight is 453 g/mol. The van der Waals surface area contributed by atoms with Gasteiger partial charge in [-0.25, -0.2) is 0 Å². The van der Waals surface area contributed by atoms with E-state index in [2.05, 4.69) is 10.2 Å². The fourth-order valence-corrected chi connectivity index (χ4v) is 4.95. The van der Waals surface area contributed by atoms with Crippen LogP contribution < -0.4 is 19.5 Å². The molecular formula is C26H32N2O5. The van der Waals surface area contributed by atoms with Crippen LogP contribution in [0.25, 0.3) is 0 Å². The molecular weight excluding hydrogens is 420 g/mol. The lowest BCUT2D eigenvalue weighted by atomic mass is 9.85. The first-order valence-corrected chi connectivity index (χ1v) is 11.5. The normalized spacial score (nSPS) is 18.6. The van der Waals surface area contributed by atoms with Crippen molar-refractivity contribution in [1.29, 1.82) is 0 Å². The Balaban J connectivity index is 1.25. The number of benzene rings is 2. The van der Waals surface area contributed by atoms with Gasteiger partial charge < -0.3 is 19.5 Å². The van der Waals surface area contributed by atoms with Gasteiger partial charge in [0.25, 0.3) is 0 Å². The topological polar surface area (TPSA) is 77.1 Å². The number of carbonyl (C=O) groups is 2. The van der Waals surface area contributed by atoms with Crippen molar-refractivity contribution in [2.75, 3.05) is 46.3 Å². The number of ether oxygens (including phenoxy) is 3. The molecule has 1 fully saturated rings. The summed E-state index contributed by atoms with van der Waals surface area (Å²) < 4.78 is 15.9. The predicted octanol–water partition coefficient (Wildman–Crippen LogP) is 3.81. The molecule has 1 aliphatic heterocycles. The summed E-state index contributed by atoms with van der Waals surface area (Å²) in [5.41, 5.74) is 2.59. The molecule has 2 aromatic rings. The number of nitrogens with zero attached hydrogens (tertiary/aromatic N) is 1. The van der Waals surface area contributed by atoms with Crippen LogP contribution >= 0.6 is 0 Å². The molecule has 176 valence electrons. The lowest BCUT2D eigenvalue weighted by molar-refractivity contribution is -0.117. The zero-order valence-electron chi connectivity index (χ0n) is 19.6. The molecule has 4 rings (SSSR count). The van der Waals surface area contributed by atoms with Gasteiger partial charge >= 0.3 is 0 Å². The van der Waals surface area contributed by atoms with Crippen LogP contribution in [0, 0.1) is 11.8 Å². The molecule has 1 unspecified atom stereocenters. The maximum absolute atomic E-state index is 13.0. The average Bonchev–Trinajstić information content (AvgIpc) is 3.13. The van der Waals surface area contributed by atoms with Crippen LogP contribution in [0.4, 0.5) is 5.69 Å². The SMILES string of the molecule is COc1ccc(NC(=O)CN2CCC(CC3Cc4cc(OC)c(OC)cc4C3=O)CC2)cc1. The Bertz CT molecular complexity index is 996. The highest BCUT2D eigenvalue weighted by molar-refractivity contribution is 6.03. The van der Waals surface area contributed by atoms with Gasteiger partial charge in [-0.1, -0.05) is 0 Å². The van der Waals surface area contributed by atoms with Crippen LogP contribution in [-0.4, -0.2) is 57.6 Å². The molecule has 33 heavy (non-hydrogen) atoms. The van der Waals surface area contributed by atoms with Crippen molar-refractivity contribution < 1.29 is 23.8 Å². The number of hydrogen-bond acceptors (Lipinski definition) is 6. The Kier molecular flexibility index (Phi) is 7.18. The second-order valence-corrected chi connectivity index (χ2v) is 8.86. The molecule has 0 aromatic heterocycles. The van der Waals surface area contributed by atoms with Crippen molar-refractivity contribution in [2.24, 2.45) is 11.8 Å². The van der Waals surface area contributed by atoms with Crippen LogP contribution in [0.1, 0.15) is 35.2 Å². The van der Waals surface area contributed by atoms with Gasteiger partial charge in [0.05, 0.1) is 27.9 Å². The summed E-state index contributed by atoms with van der Waals surface area (Å²) in [7, 11) is 4.82. The number of nitrogens with one attached hydrogen (secondary N) is 1. The van der Waals surface area contributed by atoms with Gasteiger partial charge in [-0.3, -0.25) is 14.5 Å². The highest BCUT2D eigenvalue weighted by Gasteiger charge is 2.34. The van der Waals surface area contributed by atoms with Crippen molar-refractivity contribution in [3.05, 3.63) is 47.5 Å². The van der Waals surface area contributed by atoms with E-state index in [-0.39, 0.29) is 17.6 Å². The van der Waals surface area contributed by atoms with Gasteiger partial charge in [-0.2, -0.15) is 0 Å². The molecule has 0 bridgehead atoms. The van der Waals surface area contributed by atoms with E-state index >= 15 is 0 Å². The lowest BCUT2D eigenvalue weighted by Gasteiger charge is -2.32. The molecule has 2 aliphatic rings. The Morgan fingerprint density at radius 1 is 1.00 bits per heavy atom. The molecule has 7 nitrogen and oxygen atoms in total. The van der Waals surface area contributed by atoms with Gasteiger partial charge in [0.15, 0.2) is 17.3 Å². The third-order valence-electron chi connectivity index (χ3n) is 6.78. The molecule has 0 radical (unpaired) electrons. The van der Waals surface area contributed by atoms with E-state index in [0.717, 1.165) is 61.3 Å². The van der Waals surface area contributed by atoms with Crippen molar-refractivity contribution in [3.63, 3.8) is 0 Å². The zero-order valence-corrected chi connectivity index (χ0v) is 19.6. The first-order valence-electron chi connectivity index (χ1n) is 11.5. The predicted molar refractivity (Wildman–Crippen MR) is 126 cm³/mol. The molecule has 1 aliphatic carbocycles. The number of ketones is 1. The molecule has 0 spiro atoms. The standard InChI is InChI=1S/C26H32N2O5/c1-31-21-6-4-20(5-7-21)27-25(29)16-28-10-8-17(9-11-28)12-19-13-18-14-23(32-2)24(33-3)15-22(18)26(19)30/h4-7,14-15,17,19H,8-13,16H2,1-3H3,(H,27,29). The number of likely N-dealkylation sites (tertiary alicyclic amines) is 1. The highest BCUT2D eigenvalue weighted by Crippen LogP contribution is 2.39. The Hall–Kier alpha value is -3.06. The zero-order chi connectivity index (χ0) is 23.4. The smallest absolute Gasteiger partial charge is 0.238 e. The molecule has 1 atom stereocenters. The number of piperidine rings is 1. The maximum Gasteiger partial charge on any atom is 0.238 e. The number of rotatable bonds is 8. The molecule has 1 amide bonds. The minimum absolute atomic E-state index is 0.0112. The van der Waals surface area contributed by atoms with Crippen molar-refractivity contribution in [2.45, 2.75) is 25.7 Å². The van der Waals surface area contributed by atoms with E-state index in [1.807, 2.05) is 36.4 Å². The van der Waals surface area contributed by atoms with Crippen LogP contribution in [-0.2, 0) is 11.2 Å². The second-order valence-electron chi connectivity index (χ2n) is 8.86. The molecule has 1 saturated heterocycles. The van der Waals surface area contributed by atoms with Crippen LogP contribution in [0.5, 0.6) is 17.2 Å². The van der Waals surface area contributed by atoms with Gasteiger partial charge in [-0.15, -0.1) is 0 Å². The summed E-state index contributed by atoms with van der Waals surface area (Å²) in [6.07, 6.45) is 3.66. The van der Waals surface area contributed by atoms with Crippen LogP contribution in [0.3, 0.4) is 0 Å². The number of anilines is 1. The molecule has 7 heteroatoms. The van der Waals surface area contributed by atoms with E-state index in [1.54, 1.807) is 21.3 Å². The van der Waals surface area contributed by atoms with Crippen molar-refractivity contribution >= 4 is 17.4 Å². The number of Topliss-reactive ketones (excluding diaryl/α,β-unsaturated/α-hetero) is 1. The third-order valence-corrected chi connectivity index (χ3v) is 6.78. The van der Waals surface area contributed by atoms with E-state index in [1.165, 1.54) is 0 Å². The number of fused-ring (bicyclic) bond motifs is 1. The van der Waals surface area contributed by atoms with Gasteiger partial charge in [-0.05, 0) is 86.7 Å². The third kappa shape index (κ3) is 5.30. The first-order chi connectivity index (χ1) is 16.0. The minimum Gasteiger partial charge on any atom is -0.497 e. The Labute approximate surface area is 195 Å². The molecule has 1 N–H and O–H groups in total. The minimum atomic E-state index is -0.0112. The van der Waals surface area contributed by atoms with Crippen molar-refractivity contribution in [1.82, 2.24) is 4.90 Å². The van der Waals surface area contributed by atoms with Gasteiger partial charge in [0, 0.05) is 17.2 Å². The van der Waals surface area contributed by atoms with E-state index in [0.29, 0.717) is 24.0 Å². The fourth-order valence-electron chi connectivity index (χ4n) is 4.95. The molecule has 0 saturated carbocycles. The summed E-state index contributed by atoms with van der Waals surface area (Å²) >= 11 is 0. The number of carbonyl (C=O) groups excluding carboxylic acids is 2. The number of amides is 1. The van der Waals surface area contributed by atoms with E-state index in [9.17, 15) is 9.59 Å².